The van der Waals surface area contributed by atoms with E-state index in [0.717, 1.165) is 21.3 Å². The molecule has 0 radical (unpaired) electrons. The fourth-order valence-electron chi connectivity index (χ4n) is 2.08. The van der Waals surface area contributed by atoms with Crippen LogP contribution < -0.4 is 10.1 Å². The third-order valence-corrected chi connectivity index (χ3v) is 3.92. The van der Waals surface area contributed by atoms with Gasteiger partial charge >= 0.3 is 0 Å². The lowest BCUT2D eigenvalue weighted by molar-refractivity contribution is 0.0939. The molecule has 1 atom stereocenters. The van der Waals surface area contributed by atoms with Gasteiger partial charge in [-0.1, -0.05) is 34.1 Å². The summed E-state index contributed by atoms with van der Waals surface area (Å²) in [5.41, 5.74) is 2.67. The van der Waals surface area contributed by atoms with Crippen molar-refractivity contribution in [1.29, 1.82) is 0 Å². The highest BCUT2D eigenvalue weighted by Gasteiger charge is 2.12. The maximum absolute atomic E-state index is 12.3. The zero-order valence-corrected chi connectivity index (χ0v) is 13.9. The highest BCUT2D eigenvalue weighted by atomic mass is 79.9. The number of hydrogen-bond donors (Lipinski definition) is 1. The van der Waals surface area contributed by atoms with Crippen LogP contribution in [0.15, 0.2) is 46.9 Å². The lowest BCUT2D eigenvalue weighted by Gasteiger charge is -2.15. The Hall–Kier alpha value is -1.81. The van der Waals surface area contributed by atoms with Crippen LogP contribution in [0.5, 0.6) is 5.75 Å². The molecule has 0 bridgehead atoms. The van der Waals surface area contributed by atoms with Gasteiger partial charge < -0.3 is 10.1 Å². The number of ether oxygens (including phenoxy) is 1. The van der Waals surface area contributed by atoms with Crippen LogP contribution >= 0.6 is 15.9 Å². The number of aryl methyl sites for hydroxylation is 1. The van der Waals surface area contributed by atoms with Crippen molar-refractivity contribution in [3.8, 4) is 5.75 Å². The molecule has 0 aliphatic heterocycles. The number of nitrogens with one attached hydrogen (secondary N) is 1. The Morgan fingerprint density at radius 2 is 1.86 bits per heavy atom. The summed E-state index contributed by atoms with van der Waals surface area (Å²) in [5.74, 6) is 0.614. The van der Waals surface area contributed by atoms with E-state index in [4.69, 9.17) is 4.74 Å². The Labute approximate surface area is 133 Å². The van der Waals surface area contributed by atoms with Crippen molar-refractivity contribution in [1.82, 2.24) is 5.32 Å². The molecule has 1 N–H and O–H groups in total. The van der Waals surface area contributed by atoms with Gasteiger partial charge in [-0.25, -0.2) is 0 Å². The Morgan fingerprint density at radius 1 is 1.19 bits per heavy atom. The number of rotatable bonds is 4. The molecule has 0 saturated heterocycles. The zero-order chi connectivity index (χ0) is 15.4. The molecule has 4 heteroatoms. The molecule has 0 fully saturated rings. The molecule has 0 saturated carbocycles. The quantitative estimate of drug-likeness (QED) is 0.897. The molecule has 3 nitrogen and oxygen atoms in total. The number of benzene rings is 2. The number of carbonyl (C=O) groups is 1. The molecule has 0 aromatic heterocycles. The van der Waals surface area contributed by atoms with Crippen LogP contribution in [0.25, 0.3) is 0 Å². The molecular weight excluding hydrogens is 330 g/mol. The van der Waals surface area contributed by atoms with E-state index < -0.39 is 0 Å². The molecule has 0 spiro atoms. The number of carbonyl (C=O) groups excluding carboxylic acids is 1. The fourth-order valence-corrected chi connectivity index (χ4v) is 2.34. The first-order valence-electron chi connectivity index (χ1n) is 6.72. The predicted octanol–water partition coefficient (Wildman–Crippen LogP) is 4.26. The zero-order valence-electron chi connectivity index (χ0n) is 12.3. The van der Waals surface area contributed by atoms with E-state index in [-0.39, 0.29) is 11.9 Å². The summed E-state index contributed by atoms with van der Waals surface area (Å²) < 4.78 is 6.27. The highest BCUT2D eigenvalue weighted by Crippen LogP contribution is 2.20. The highest BCUT2D eigenvalue weighted by molar-refractivity contribution is 9.10. The van der Waals surface area contributed by atoms with Crippen LogP contribution in [-0.4, -0.2) is 13.0 Å². The number of halogens is 1. The molecule has 2 aromatic rings. The standard InChI is InChI=1S/C17H18BrNO2/c1-11-4-5-14(10-16(11)21-3)17(20)19-12(2)13-6-8-15(18)9-7-13/h4-10,12H,1-3H3,(H,19,20). The Kier molecular flexibility index (Phi) is 5.02. The van der Waals surface area contributed by atoms with Crippen LogP contribution in [-0.2, 0) is 0 Å². The number of methoxy groups -OCH3 is 1. The van der Waals surface area contributed by atoms with E-state index in [0.29, 0.717) is 5.56 Å². The molecule has 2 rings (SSSR count). The maximum atomic E-state index is 12.3. The van der Waals surface area contributed by atoms with Crippen molar-refractivity contribution in [3.05, 3.63) is 63.6 Å². The average molecular weight is 348 g/mol. The van der Waals surface area contributed by atoms with Crippen molar-refractivity contribution in [2.75, 3.05) is 7.11 Å². The van der Waals surface area contributed by atoms with Crippen LogP contribution in [0.1, 0.15) is 34.5 Å². The molecular formula is C17H18BrNO2. The van der Waals surface area contributed by atoms with Crippen molar-refractivity contribution in [3.63, 3.8) is 0 Å². The van der Waals surface area contributed by atoms with Gasteiger partial charge in [0.25, 0.3) is 5.91 Å². The SMILES string of the molecule is COc1cc(C(=O)NC(C)c2ccc(Br)cc2)ccc1C. The van der Waals surface area contributed by atoms with E-state index in [1.54, 1.807) is 13.2 Å². The maximum Gasteiger partial charge on any atom is 0.251 e. The summed E-state index contributed by atoms with van der Waals surface area (Å²) in [7, 11) is 1.61. The van der Waals surface area contributed by atoms with E-state index in [1.165, 1.54) is 0 Å². The van der Waals surface area contributed by atoms with Crippen molar-refractivity contribution < 1.29 is 9.53 Å². The average Bonchev–Trinajstić information content (AvgIpc) is 2.48. The van der Waals surface area contributed by atoms with E-state index in [1.807, 2.05) is 50.2 Å². The molecule has 110 valence electrons. The predicted molar refractivity (Wildman–Crippen MR) is 87.8 cm³/mol. The van der Waals surface area contributed by atoms with Gasteiger partial charge in [0.1, 0.15) is 5.75 Å². The number of hydrogen-bond acceptors (Lipinski definition) is 2. The molecule has 2 aromatic carbocycles. The summed E-state index contributed by atoms with van der Waals surface area (Å²) in [6.07, 6.45) is 0. The van der Waals surface area contributed by atoms with Gasteiger partial charge in [0, 0.05) is 10.0 Å². The largest absolute Gasteiger partial charge is 0.496 e. The van der Waals surface area contributed by atoms with Crippen LogP contribution in [0, 0.1) is 6.92 Å². The van der Waals surface area contributed by atoms with E-state index >= 15 is 0 Å². The monoisotopic (exact) mass is 347 g/mol. The first-order valence-corrected chi connectivity index (χ1v) is 7.51. The van der Waals surface area contributed by atoms with Gasteiger partial charge in [-0.15, -0.1) is 0 Å². The van der Waals surface area contributed by atoms with Gasteiger partial charge in [0.2, 0.25) is 0 Å². The third-order valence-electron chi connectivity index (χ3n) is 3.39. The van der Waals surface area contributed by atoms with Crippen molar-refractivity contribution in [2.24, 2.45) is 0 Å². The minimum absolute atomic E-state index is 0.0575. The van der Waals surface area contributed by atoms with Gasteiger partial charge in [-0.05, 0) is 49.2 Å². The molecule has 0 heterocycles. The van der Waals surface area contributed by atoms with Gasteiger partial charge in [-0.2, -0.15) is 0 Å². The Balaban J connectivity index is 2.12. The summed E-state index contributed by atoms with van der Waals surface area (Å²) in [6, 6.07) is 13.3. The van der Waals surface area contributed by atoms with Crippen LogP contribution in [0.3, 0.4) is 0 Å². The minimum atomic E-state index is -0.108. The molecule has 0 aliphatic rings. The first kappa shape index (κ1) is 15.6. The van der Waals surface area contributed by atoms with Gasteiger partial charge in [0.15, 0.2) is 0 Å². The Bertz CT molecular complexity index is 638. The van der Waals surface area contributed by atoms with Crippen molar-refractivity contribution in [2.45, 2.75) is 19.9 Å². The smallest absolute Gasteiger partial charge is 0.251 e. The number of amides is 1. The van der Waals surface area contributed by atoms with Crippen LogP contribution in [0.2, 0.25) is 0 Å². The van der Waals surface area contributed by atoms with E-state index in [9.17, 15) is 4.79 Å². The summed E-state index contributed by atoms with van der Waals surface area (Å²) in [4.78, 5) is 12.3. The molecule has 1 unspecified atom stereocenters. The molecule has 21 heavy (non-hydrogen) atoms. The second-order valence-corrected chi connectivity index (χ2v) is 5.85. The van der Waals surface area contributed by atoms with Gasteiger partial charge in [0.05, 0.1) is 13.2 Å². The molecule has 1 amide bonds. The lowest BCUT2D eigenvalue weighted by atomic mass is 10.1. The van der Waals surface area contributed by atoms with Gasteiger partial charge in [-0.3, -0.25) is 4.79 Å². The Morgan fingerprint density at radius 3 is 2.48 bits per heavy atom. The normalized spacial score (nSPS) is 11.8. The topological polar surface area (TPSA) is 38.3 Å². The van der Waals surface area contributed by atoms with Crippen LogP contribution in [0.4, 0.5) is 0 Å². The molecule has 0 aliphatic carbocycles. The van der Waals surface area contributed by atoms with E-state index in [2.05, 4.69) is 21.2 Å². The first-order chi connectivity index (χ1) is 10.0. The third kappa shape index (κ3) is 3.85. The lowest BCUT2D eigenvalue weighted by Crippen LogP contribution is -2.26. The van der Waals surface area contributed by atoms with Crippen molar-refractivity contribution >= 4 is 21.8 Å². The summed E-state index contributed by atoms with van der Waals surface area (Å²) in [5, 5.41) is 2.99. The second-order valence-electron chi connectivity index (χ2n) is 4.93. The summed E-state index contributed by atoms with van der Waals surface area (Å²) in [6.45, 7) is 3.91. The minimum Gasteiger partial charge on any atom is -0.496 e. The summed E-state index contributed by atoms with van der Waals surface area (Å²) >= 11 is 3.40. The second kappa shape index (κ2) is 6.76. The fraction of sp³-hybridized carbons (Fsp3) is 0.235.